The molecule has 0 aromatic carbocycles. The number of epoxide rings is 1. The minimum atomic E-state index is -0.576. The molecular weight excluding hydrogens is 176 g/mol. The van der Waals surface area contributed by atoms with Gasteiger partial charge < -0.3 is 14.2 Å². The summed E-state index contributed by atoms with van der Waals surface area (Å²) in [4.78, 5) is 21.4. The number of hydrogen-bond acceptors (Lipinski definition) is 5. The van der Waals surface area contributed by atoms with E-state index in [1.807, 2.05) is 0 Å². The van der Waals surface area contributed by atoms with Crippen molar-refractivity contribution in [3.8, 4) is 0 Å². The van der Waals surface area contributed by atoms with Crippen molar-refractivity contribution in [2.45, 2.75) is 18.9 Å². The zero-order valence-electron chi connectivity index (χ0n) is 7.45. The first-order chi connectivity index (χ1) is 6.22. The molecule has 1 saturated heterocycles. The smallest absolute Gasteiger partial charge is 0.317 e. The number of ether oxygens (including phenoxy) is 3. The Kier molecular flexibility index (Phi) is 3.70. The number of esters is 2. The SMILES string of the molecule is COC(=O)CC(=O)OCCC1CO1. The van der Waals surface area contributed by atoms with Gasteiger partial charge in [0.05, 0.1) is 26.4 Å². The van der Waals surface area contributed by atoms with E-state index in [0.717, 1.165) is 6.61 Å². The molecule has 0 aromatic heterocycles. The van der Waals surface area contributed by atoms with E-state index in [4.69, 9.17) is 9.47 Å². The van der Waals surface area contributed by atoms with E-state index < -0.39 is 11.9 Å². The molecule has 0 aromatic rings. The molecule has 1 aliphatic heterocycles. The third kappa shape index (κ3) is 4.47. The molecule has 0 spiro atoms. The predicted octanol–water partition coefficient (Wildman–Crippen LogP) is -0.118. The highest BCUT2D eigenvalue weighted by Crippen LogP contribution is 2.12. The summed E-state index contributed by atoms with van der Waals surface area (Å²) in [5, 5.41) is 0. The molecule has 0 bridgehead atoms. The first kappa shape index (κ1) is 9.98. The van der Waals surface area contributed by atoms with Crippen LogP contribution < -0.4 is 0 Å². The van der Waals surface area contributed by atoms with Gasteiger partial charge >= 0.3 is 11.9 Å². The van der Waals surface area contributed by atoms with Crippen LogP contribution in [0.3, 0.4) is 0 Å². The molecule has 74 valence electrons. The first-order valence-corrected chi connectivity index (χ1v) is 4.06. The van der Waals surface area contributed by atoms with Crippen molar-refractivity contribution in [1.29, 1.82) is 0 Å². The monoisotopic (exact) mass is 188 g/mol. The topological polar surface area (TPSA) is 65.1 Å². The average molecular weight is 188 g/mol. The van der Waals surface area contributed by atoms with Crippen molar-refractivity contribution in [2.24, 2.45) is 0 Å². The van der Waals surface area contributed by atoms with Crippen molar-refractivity contribution in [3.63, 3.8) is 0 Å². The molecule has 0 N–H and O–H groups in total. The summed E-state index contributed by atoms with van der Waals surface area (Å²) in [5.41, 5.74) is 0. The van der Waals surface area contributed by atoms with Gasteiger partial charge in [-0.2, -0.15) is 0 Å². The second-order valence-electron chi connectivity index (χ2n) is 2.72. The van der Waals surface area contributed by atoms with Crippen LogP contribution >= 0.6 is 0 Å². The lowest BCUT2D eigenvalue weighted by molar-refractivity contribution is -0.153. The van der Waals surface area contributed by atoms with E-state index in [2.05, 4.69) is 4.74 Å². The largest absolute Gasteiger partial charge is 0.469 e. The Labute approximate surface area is 76.0 Å². The van der Waals surface area contributed by atoms with Crippen LogP contribution in [0.2, 0.25) is 0 Å². The molecule has 0 saturated carbocycles. The number of carbonyl (C=O) groups excluding carboxylic acids is 2. The van der Waals surface area contributed by atoms with Crippen LogP contribution in [0.15, 0.2) is 0 Å². The van der Waals surface area contributed by atoms with Crippen LogP contribution in [0.1, 0.15) is 12.8 Å². The van der Waals surface area contributed by atoms with E-state index in [9.17, 15) is 9.59 Å². The van der Waals surface area contributed by atoms with Gasteiger partial charge in [-0.3, -0.25) is 9.59 Å². The summed E-state index contributed by atoms with van der Waals surface area (Å²) in [6.07, 6.45) is 0.625. The summed E-state index contributed by atoms with van der Waals surface area (Å²) in [6, 6.07) is 0. The summed E-state index contributed by atoms with van der Waals surface area (Å²) in [7, 11) is 1.23. The van der Waals surface area contributed by atoms with Gasteiger partial charge in [0, 0.05) is 6.42 Å². The van der Waals surface area contributed by atoms with Gasteiger partial charge in [0.15, 0.2) is 0 Å². The number of methoxy groups -OCH3 is 1. The van der Waals surface area contributed by atoms with Crippen LogP contribution in [-0.4, -0.2) is 38.4 Å². The fourth-order valence-corrected chi connectivity index (χ4v) is 0.780. The molecule has 0 aliphatic carbocycles. The quantitative estimate of drug-likeness (QED) is 0.342. The molecule has 0 radical (unpaired) electrons. The van der Waals surface area contributed by atoms with Gasteiger partial charge in [-0.15, -0.1) is 0 Å². The molecule has 0 amide bonds. The van der Waals surface area contributed by atoms with Crippen molar-refractivity contribution in [2.75, 3.05) is 20.3 Å². The van der Waals surface area contributed by atoms with Gasteiger partial charge in [-0.05, 0) is 0 Å². The lowest BCUT2D eigenvalue weighted by atomic mass is 10.3. The maximum Gasteiger partial charge on any atom is 0.317 e. The molecule has 1 unspecified atom stereocenters. The lowest BCUT2D eigenvalue weighted by Gasteiger charge is -2.01. The summed E-state index contributed by atoms with van der Waals surface area (Å²) < 4.78 is 14.0. The summed E-state index contributed by atoms with van der Waals surface area (Å²) >= 11 is 0. The molecule has 5 nitrogen and oxygen atoms in total. The molecule has 1 aliphatic rings. The third-order valence-corrected chi connectivity index (χ3v) is 1.62. The Morgan fingerprint density at radius 1 is 1.46 bits per heavy atom. The number of carbonyl (C=O) groups is 2. The van der Waals surface area contributed by atoms with Crippen LogP contribution in [0.25, 0.3) is 0 Å². The van der Waals surface area contributed by atoms with Crippen molar-refractivity contribution < 1.29 is 23.8 Å². The highest BCUT2D eigenvalue weighted by molar-refractivity contribution is 5.91. The standard InChI is InChI=1S/C8H12O5/c1-11-7(9)4-8(10)12-3-2-6-5-13-6/h6H,2-5H2,1H3. The highest BCUT2D eigenvalue weighted by atomic mass is 16.6. The Morgan fingerprint density at radius 2 is 2.15 bits per heavy atom. The summed E-state index contributed by atoms with van der Waals surface area (Å²) in [6.45, 7) is 1.05. The fraction of sp³-hybridized carbons (Fsp3) is 0.750. The van der Waals surface area contributed by atoms with Gasteiger partial charge in [-0.25, -0.2) is 0 Å². The molecule has 1 fully saturated rings. The molecule has 5 heteroatoms. The van der Waals surface area contributed by atoms with E-state index in [-0.39, 0.29) is 12.5 Å². The molecular formula is C8H12O5. The van der Waals surface area contributed by atoms with Gasteiger partial charge in [0.25, 0.3) is 0 Å². The minimum absolute atomic E-state index is 0.242. The zero-order chi connectivity index (χ0) is 9.68. The lowest BCUT2D eigenvalue weighted by Crippen LogP contribution is -2.13. The summed E-state index contributed by atoms with van der Waals surface area (Å²) in [5.74, 6) is -1.12. The molecule has 13 heavy (non-hydrogen) atoms. The van der Waals surface area contributed by atoms with Gasteiger partial charge in [0.2, 0.25) is 0 Å². The number of rotatable bonds is 5. The molecule has 1 atom stereocenters. The maximum absolute atomic E-state index is 10.9. The predicted molar refractivity (Wildman–Crippen MR) is 41.9 cm³/mol. The van der Waals surface area contributed by atoms with Gasteiger partial charge in [0.1, 0.15) is 6.42 Å². The van der Waals surface area contributed by atoms with Crippen LogP contribution in [0.5, 0.6) is 0 Å². The van der Waals surface area contributed by atoms with Crippen LogP contribution in [-0.2, 0) is 23.8 Å². The van der Waals surface area contributed by atoms with Crippen molar-refractivity contribution in [3.05, 3.63) is 0 Å². The van der Waals surface area contributed by atoms with Crippen LogP contribution in [0, 0.1) is 0 Å². The first-order valence-electron chi connectivity index (χ1n) is 4.06. The highest BCUT2D eigenvalue weighted by Gasteiger charge is 2.22. The second-order valence-corrected chi connectivity index (χ2v) is 2.72. The third-order valence-electron chi connectivity index (χ3n) is 1.62. The van der Waals surface area contributed by atoms with Crippen molar-refractivity contribution >= 4 is 11.9 Å². The maximum atomic E-state index is 10.9. The zero-order valence-corrected chi connectivity index (χ0v) is 7.45. The minimum Gasteiger partial charge on any atom is -0.469 e. The molecule has 1 rings (SSSR count). The fourth-order valence-electron chi connectivity index (χ4n) is 0.780. The Hall–Kier alpha value is -1.10. The second kappa shape index (κ2) is 4.81. The van der Waals surface area contributed by atoms with Crippen LogP contribution in [0.4, 0.5) is 0 Å². The van der Waals surface area contributed by atoms with E-state index >= 15 is 0 Å². The number of hydrogen-bond donors (Lipinski definition) is 0. The average Bonchev–Trinajstić information content (AvgIpc) is 2.88. The normalized spacial score (nSPS) is 19.3. The molecule has 1 heterocycles. The van der Waals surface area contributed by atoms with Crippen molar-refractivity contribution in [1.82, 2.24) is 0 Å². The van der Waals surface area contributed by atoms with E-state index in [1.54, 1.807) is 0 Å². The Bertz CT molecular complexity index is 197. The Balaban J connectivity index is 1.99. The van der Waals surface area contributed by atoms with Gasteiger partial charge in [-0.1, -0.05) is 0 Å². The van der Waals surface area contributed by atoms with E-state index in [0.29, 0.717) is 13.0 Å². The van der Waals surface area contributed by atoms with E-state index in [1.165, 1.54) is 7.11 Å². The Morgan fingerprint density at radius 3 is 2.69 bits per heavy atom.